The third-order valence-electron chi connectivity index (χ3n) is 4.03. The van der Waals surface area contributed by atoms with Crippen molar-refractivity contribution in [3.63, 3.8) is 0 Å². The first kappa shape index (κ1) is 18.2. The van der Waals surface area contributed by atoms with Crippen LogP contribution in [0.2, 0.25) is 0 Å². The van der Waals surface area contributed by atoms with E-state index in [0.717, 1.165) is 5.69 Å². The van der Waals surface area contributed by atoms with E-state index in [1.165, 1.54) is 0 Å². The second kappa shape index (κ2) is 7.63. The van der Waals surface area contributed by atoms with E-state index in [0.29, 0.717) is 17.8 Å². The molecule has 0 saturated carbocycles. The molecule has 0 saturated heterocycles. The Balaban J connectivity index is 2.25. The smallest absolute Gasteiger partial charge is 0.242 e. The fraction of sp³-hybridized carbons (Fsp3) is 0.250. The Morgan fingerprint density at radius 1 is 1.08 bits per heavy atom. The molecule has 0 spiro atoms. The number of rotatable bonds is 5. The monoisotopic (exact) mass is 335 g/mol. The predicted molar refractivity (Wildman–Crippen MR) is 98.0 cm³/mol. The first-order valence-electron chi connectivity index (χ1n) is 8.09. The first-order chi connectivity index (χ1) is 11.9. The number of para-hydroxylation sites is 2. The zero-order valence-corrected chi connectivity index (χ0v) is 14.6. The Hall–Kier alpha value is -3.13. The zero-order chi connectivity index (χ0) is 18.4. The van der Waals surface area contributed by atoms with Crippen LogP contribution < -0.4 is 10.2 Å². The molecular formula is C20H21N3O2. The van der Waals surface area contributed by atoms with E-state index in [1.54, 1.807) is 43.0 Å². The van der Waals surface area contributed by atoms with Crippen molar-refractivity contribution in [3.05, 3.63) is 60.2 Å². The fourth-order valence-corrected chi connectivity index (χ4v) is 2.45. The Kier molecular flexibility index (Phi) is 5.56. The third-order valence-corrected chi connectivity index (χ3v) is 4.03. The standard InChI is InChI=1S/C20H21N3O2/c1-4-23(16-11-6-5-7-12-16)19(25)20(2,3)18(24)22-17-13-9-8-10-15(17)14-21/h5-13H,4H2,1-3H3,(H,22,24). The summed E-state index contributed by atoms with van der Waals surface area (Å²) in [5.41, 5.74) is 0.218. The van der Waals surface area contributed by atoms with Gasteiger partial charge in [-0.05, 0) is 45.0 Å². The van der Waals surface area contributed by atoms with Gasteiger partial charge in [0.05, 0.1) is 11.3 Å². The largest absolute Gasteiger partial charge is 0.324 e. The van der Waals surface area contributed by atoms with Gasteiger partial charge in [-0.3, -0.25) is 9.59 Å². The van der Waals surface area contributed by atoms with Gasteiger partial charge in [0.1, 0.15) is 11.5 Å². The molecular weight excluding hydrogens is 314 g/mol. The molecule has 2 aromatic rings. The summed E-state index contributed by atoms with van der Waals surface area (Å²) in [4.78, 5) is 27.3. The molecule has 2 rings (SSSR count). The first-order valence-corrected chi connectivity index (χ1v) is 8.09. The van der Waals surface area contributed by atoms with Crippen molar-refractivity contribution in [2.45, 2.75) is 20.8 Å². The normalized spacial score (nSPS) is 10.6. The highest BCUT2D eigenvalue weighted by molar-refractivity contribution is 6.15. The fourth-order valence-electron chi connectivity index (χ4n) is 2.45. The van der Waals surface area contributed by atoms with Gasteiger partial charge in [-0.15, -0.1) is 0 Å². The summed E-state index contributed by atoms with van der Waals surface area (Å²) >= 11 is 0. The van der Waals surface area contributed by atoms with E-state index in [4.69, 9.17) is 5.26 Å². The lowest BCUT2D eigenvalue weighted by molar-refractivity contribution is -0.136. The molecule has 128 valence electrons. The van der Waals surface area contributed by atoms with Crippen LogP contribution in [-0.2, 0) is 9.59 Å². The van der Waals surface area contributed by atoms with Crippen LogP contribution in [0, 0.1) is 16.7 Å². The molecule has 2 aromatic carbocycles. The van der Waals surface area contributed by atoms with E-state index < -0.39 is 11.3 Å². The number of carbonyl (C=O) groups excluding carboxylic acids is 2. The number of nitrogens with one attached hydrogen (secondary N) is 1. The van der Waals surface area contributed by atoms with Crippen LogP contribution in [0.25, 0.3) is 0 Å². The van der Waals surface area contributed by atoms with Crippen molar-refractivity contribution in [2.24, 2.45) is 5.41 Å². The lowest BCUT2D eigenvalue weighted by Gasteiger charge is -2.30. The Bertz CT molecular complexity index is 807. The van der Waals surface area contributed by atoms with Gasteiger partial charge in [-0.2, -0.15) is 5.26 Å². The molecule has 0 unspecified atom stereocenters. The lowest BCUT2D eigenvalue weighted by atomic mass is 9.89. The van der Waals surface area contributed by atoms with Crippen LogP contribution in [0.4, 0.5) is 11.4 Å². The molecule has 25 heavy (non-hydrogen) atoms. The maximum atomic E-state index is 13.0. The molecule has 0 atom stereocenters. The van der Waals surface area contributed by atoms with Gasteiger partial charge in [0, 0.05) is 12.2 Å². The summed E-state index contributed by atoms with van der Waals surface area (Å²) in [5.74, 6) is -0.747. The quantitative estimate of drug-likeness (QED) is 0.849. The maximum absolute atomic E-state index is 13.0. The minimum Gasteiger partial charge on any atom is -0.324 e. The minimum absolute atomic E-state index is 0.298. The van der Waals surface area contributed by atoms with Gasteiger partial charge in [-0.1, -0.05) is 30.3 Å². The molecule has 0 aliphatic rings. The van der Waals surface area contributed by atoms with E-state index >= 15 is 0 Å². The Labute approximate surface area is 147 Å². The summed E-state index contributed by atoms with van der Waals surface area (Å²) in [5, 5.41) is 11.8. The number of carbonyl (C=O) groups is 2. The van der Waals surface area contributed by atoms with Crippen molar-refractivity contribution >= 4 is 23.2 Å². The number of hydrogen-bond acceptors (Lipinski definition) is 3. The SMILES string of the molecule is CCN(C(=O)C(C)(C)C(=O)Nc1ccccc1C#N)c1ccccc1. The van der Waals surface area contributed by atoms with Gasteiger partial charge < -0.3 is 10.2 Å². The molecule has 0 bridgehead atoms. The topological polar surface area (TPSA) is 73.2 Å². The van der Waals surface area contributed by atoms with Gasteiger partial charge in [0.2, 0.25) is 11.8 Å². The number of hydrogen-bond donors (Lipinski definition) is 1. The molecule has 2 amide bonds. The van der Waals surface area contributed by atoms with Gasteiger partial charge in [0.25, 0.3) is 0 Å². The molecule has 0 aliphatic carbocycles. The second-order valence-corrected chi connectivity index (χ2v) is 6.12. The zero-order valence-electron chi connectivity index (χ0n) is 14.6. The van der Waals surface area contributed by atoms with Gasteiger partial charge in [0.15, 0.2) is 0 Å². The van der Waals surface area contributed by atoms with Crippen LogP contribution >= 0.6 is 0 Å². The molecule has 0 radical (unpaired) electrons. The van der Waals surface area contributed by atoms with Crippen LogP contribution in [0.5, 0.6) is 0 Å². The van der Waals surface area contributed by atoms with E-state index in [2.05, 4.69) is 5.32 Å². The van der Waals surface area contributed by atoms with Crippen molar-refractivity contribution in [1.29, 1.82) is 5.26 Å². The van der Waals surface area contributed by atoms with Crippen molar-refractivity contribution in [1.82, 2.24) is 0 Å². The summed E-state index contributed by atoms with van der Waals surface area (Å²) in [7, 11) is 0. The van der Waals surface area contributed by atoms with Crippen LogP contribution in [0.1, 0.15) is 26.3 Å². The molecule has 5 nitrogen and oxygen atoms in total. The average Bonchev–Trinajstić information content (AvgIpc) is 2.63. The summed E-state index contributed by atoms with van der Waals surface area (Å²) in [6, 6.07) is 18.0. The highest BCUT2D eigenvalue weighted by Gasteiger charge is 2.39. The van der Waals surface area contributed by atoms with E-state index in [9.17, 15) is 9.59 Å². The lowest BCUT2D eigenvalue weighted by Crippen LogP contribution is -2.47. The van der Waals surface area contributed by atoms with E-state index in [-0.39, 0.29) is 5.91 Å². The number of benzene rings is 2. The Morgan fingerprint density at radius 2 is 1.68 bits per heavy atom. The molecule has 0 fully saturated rings. The highest BCUT2D eigenvalue weighted by Crippen LogP contribution is 2.26. The number of amides is 2. The summed E-state index contributed by atoms with van der Waals surface area (Å²) < 4.78 is 0. The van der Waals surface area contributed by atoms with Crippen LogP contribution in [-0.4, -0.2) is 18.4 Å². The molecule has 0 aliphatic heterocycles. The second-order valence-electron chi connectivity index (χ2n) is 6.12. The van der Waals surface area contributed by atoms with Crippen LogP contribution in [0.15, 0.2) is 54.6 Å². The number of nitrogens with zero attached hydrogens (tertiary/aromatic N) is 2. The molecule has 0 heterocycles. The number of nitriles is 1. The summed E-state index contributed by atoms with van der Waals surface area (Å²) in [6.45, 7) is 5.49. The minimum atomic E-state index is -1.28. The maximum Gasteiger partial charge on any atom is 0.242 e. The van der Waals surface area contributed by atoms with Crippen molar-refractivity contribution in [2.75, 3.05) is 16.8 Å². The summed E-state index contributed by atoms with van der Waals surface area (Å²) in [6.07, 6.45) is 0. The molecule has 5 heteroatoms. The van der Waals surface area contributed by atoms with Gasteiger partial charge in [-0.25, -0.2) is 0 Å². The predicted octanol–water partition coefficient (Wildman–Crippen LogP) is 3.58. The number of anilines is 2. The Morgan fingerprint density at radius 3 is 2.28 bits per heavy atom. The average molecular weight is 335 g/mol. The molecule has 0 aromatic heterocycles. The third kappa shape index (κ3) is 3.86. The van der Waals surface area contributed by atoms with Crippen LogP contribution in [0.3, 0.4) is 0 Å². The highest BCUT2D eigenvalue weighted by atomic mass is 16.2. The van der Waals surface area contributed by atoms with Gasteiger partial charge >= 0.3 is 0 Å². The van der Waals surface area contributed by atoms with E-state index in [1.807, 2.05) is 43.3 Å². The van der Waals surface area contributed by atoms with Crippen molar-refractivity contribution in [3.8, 4) is 6.07 Å². The van der Waals surface area contributed by atoms with Crippen molar-refractivity contribution < 1.29 is 9.59 Å². The molecule has 1 N–H and O–H groups in total.